The molecular formula is C18H19F3N6O2. The van der Waals surface area contributed by atoms with Gasteiger partial charge in [-0.3, -0.25) is 15.0 Å². The molecule has 3 aromatic heterocycles. The minimum atomic E-state index is -5.08. The lowest BCUT2D eigenvalue weighted by Gasteiger charge is -2.35. The molecule has 11 heteroatoms. The number of fused-ring (bicyclic) bond motifs is 1. The second-order valence-electron chi connectivity index (χ2n) is 6.36. The van der Waals surface area contributed by atoms with Crippen molar-refractivity contribution in [1.29, 1.82) is 0 Å². The zero-order valence-corrected chi connectivity index (χ0v) is 15.3. The Kier molecular flexibility index (Phi) is 6.27. The minimum Gasteiger partial charge on any atom is -0.475 e. The molecule has 0 amide bonds. The molecule has 4 heterocycles. The molecule has 1 aliphatic rings. The number of carboxylic acids is 1. The number of piperazine rings is 1. The number of carboxylic acid groups (broad SMARTS) is 1. The third-order valence-corrected chi connectivity index (χ3v) is 4.34. The van der Waals surface area contributed by atoms with E-state index in [0.29, 0.717) is 0 Å². The van der Waals surface area contributed by atoms with Crippen LogP contribution in [-0.2, 0) is 11.3 Å². The normalized spacial score (nSPS) is 15.1. The van der Waals surface area contributed by atoms with Gasteiger partial charge in [-0.05, 0) is 24.3 Å². The first kappa shape index (κ1) is 20.5. The van der Waals surface area contributed by atoms with Crippen molar-refractivity contribution in [3.05, 3.63) is 48.4 Å². The van der Waals surface area contributed by atoms with Crippen LogP contribution < -0.4 is 4.90 Å². The first-order chi connectivity index (χ1) is 13.8. The van der Waals surface area contributed by atoms with Crippen LogP contribution in [0.5, 0.6) is 0 Å². The molecule has 154 valence electrons. The lowest BCUT2D eigenvalue weighted by atomic mass is 10.2. The number of hydrogen-bond donors (Lipinski definition) is 2. The van der Waals surface area contributed by atoms with Crippen molar-refractivity contribution in [1.82, 2.24) is 25.1 Å². The van der Waals surface area contributed by atoms with Gasteiger partial charge >= 0.3 is 12.1 Å². The molecule has 0 aliphatic carbocycles. The van der Waals surface area contributed by atoms with Crippen molar-refractivity contribution >= 4 is 22.8 Å². The van der Waals surface area contributed by atoms with E-state index in [1.54, 1.807) is 6.20 Å². The molecule has 3 aromatic rings. The van der Waals surface area contributed by atoms with Crippen molar-refractivity contribution in [2.24, 2.45) is 0 Å². The number of alkyl halides is 3. The van der Waals surface area contributed by atoms with Crippen LogP contribution >= 0.6 is 0 Å². The summed E-state index contributed by atoms with van der Waals surface area (Å²) in [5, 5.41) is 15.1. The molecule has 0 aromatic carbocycles. The Morgan fingerprint density at radius 3 is 2.48 bits per heavy atom. The summed E-state index contributed by atoms with van der Waals surface area (Å²) in [6.45, 7) is 4.94. The molecule has 29 heavy (non-hydrogen) atoms. The number of nitrogens with one attached hydrogen (secondary N) is 1. The maximum Gasteiger partial charge on any atom is 0.490 e. The SMILES string of the molecule is O=C(O)C(F)(F)F.c1ccc(CN2CCN(c3ccc4cn[nH]c4n3)CC2)nc1. The van der Waals surface area contributed by atoms with Gasteiger partial charge in [0.05, 0.1) is 11.9 Å². The number of H-pyrrole nitrogens is 1. The Bertz CT molecular complexity index is 939. The van der Waals surface area contributed by atoms with Crippen LogP contribution in [0.4, 0.5) is 19.0 Å². The van der Waals surface area contributed by atoms with E-state index in [-0.39, 0.29) is 0 Å². The molecule has 1 fully saturated rings. The third kappa shape index (κ3) is 5.64. The second-order valence-corrected chi connectivity index (χ2v) is 6.36. The van der Waals surface area contributed by atoms with E-state index in [1.165, 1.54) is 0 Å². The lowest BCUT2D eigenvalue weighted by Crippen LogP contribution is -2.46. The fourth-order valence-corrected chi connectivity index (χ4v) is 2.85. The Morgan fingerprint density at radius 2 is 1.86 bits per heavy atom. The molecule has 8 nitrogen and oxygen atoms in total. The molecule has 0 bridgehead atoms. The maximum atomic E-state index is 10.6. The Morgan fingerprint density at radius 1 is 1.14 bits per heavy atom. The van der Waals surface area contributed by atoms with Crippen LogP contribution in [0, 0.1) is 0 Å². The quantitative estimate of drug-likeness (QED) is 0.686. The number of aliphatic carboxylic acids is 1. The molecule has 0 spiro atoms. The van der Waals surface area contributed by atoms with Gasteiger partial charge in [0.1, 0.15) is 5.82 Å². The second kappa shape index (κ2) is 8.86. The molecular weight excluding hydrogens is 389 g/mol. The molecule has 0 atom stereocenters. The van der Waals surface area contributed by atoms with Gasteiger partial charge in [-0.2, -0.15) is 18.3 Å². The molecule has 0 unspecified atom stereocenters. The highest BCUT2D eigenvalue weighted by Crippen LogP contribution is 2.18. The topological polar surface area (TPSA) is 98.2 Å². The number of rotatable bonds is 3. The highest BCUT2D eigenvalue weighted by atomic mass is 19.4. The molecule has 1 aliphatic heterocycles. The number of aromatic amines is 1. The molecule has 1 saturated heterocycles. The summed E-state index contributed by atoms with van der Waals surface area (Å²) >= 11 is 0. The average molecular weight is 408 g/mol. The van der Waals surface area contributed by atoms with Crippen LogP contribution in [0.2, 0.25) is 0 Å². The monoisotopic (exact) mass is 408 g/mol. The predicted molar refractivity (Wildman–Crippen MR) is 99.3 cm³/mol. The van der Waals surface area contributed by atoms with Crippen molar-refractivity contribution < 1.29 is 23.1 Å². The van der Waals surface area contributed by atoms with Gasteiger partial charge in [0.25, 0.3) is 0 Å². The summed E-state index contributed by atoms with van der Waals surface area (Å²) in [6.07, 6.45) is -1.42. The van der Waals surface area contributed by atoms with Crippen molar-refractivity contribution in [2.75, 3.05) is 31.1 Å². The molecule has 2 N–H and O–H groups in total. The Hall–Kier alpha value is -3.21. The standard InChI is InChI=1S/C16H18N6.C2HF3O2/c1-2-6-17-14(3-1)12-21-7-9-22(10-8-21)15-5-4-13-11-18-20-16(13)19-15;3-2(4,5)1(6)7/h1-6,11H,7-10,12H2,(H,18,19,20);(H,6,7). The summed E-state index contributed by atoms with van der Waals surface area (Å²) in [7, 11) is 0. The predicted octanol–water partition coefficient (Wildman–Crippen LogP) is 2.31. The smallest absolute Gasteiger partial charge is 0.475 e. The highest BCUT2D eigenvalue weighted by Gasteiger charge is 2.38. The van der Waals surface area contributed by atoms with Crippen LogP contribution in [0.3, 0.4) is 0 Å². The number of anilines is 1. The third-order valence-electron chi connectivity index (χ3n) is 4.34. The van der Waals surface area contributed by atoms with Gasteiger partial charge in [0, 0.05) is 44.3 Å². The lowest BCUT2D eigenvalue weighted by molar-refractivity contribution is -0.192. The zero-order valence-electron chi connectivity index (χ0n) is 15.3. The van der Waals surface area contributed by atoms with E-state index in [0.717, 1.165) is 55.3 Å². The van der Waals surface area contributed by atoms with Crippen LogP contribution in [0.15, 0.2) is 42.7 Å². The first-order valence-corrected chi connectivity index (χ1v) is 8.80. The Labute approximate surface area is 164 Å². The Balaban J connectivity index is 0.000000298. The number of halogens is 3. The molecule has 0 saturated carbocycles. The van der Waals surface area contributed by atoms with E-state index in [4.69, 9.17) is 9.90 Å². The van der Waals surface area contributed by atoms with E-state index in [1.807, 2.05) is 18.3 Å². The number of aromatic nitrogens is 4. The minimum absolute atomic E-state index is 0.855. The van der Waals surface area contributed by atoms with Crippen molar-refractivity contribution in [3.8, 4) is 0 Å². The largest absolute Gasteiger partial charge is 0.490 e. The van der Waals surface area contributed by atoms with E-state index in [2.05, 4.69) is 48.2 Å². The summed E-state index contributed by atoms with van der Waals surface area (Å²) < 4.78 is 31.7. The van der Waals surface area contributed by atoms with E-state index >= 15 is 0 Å². The van der Waals surface area contributed by atoms with Gasteiger partial charge in [-0.15, -0.1) is 0 Å². The van der Waals surface area contributed by atoms with Gasteiger partial charge in [-0.1, -0.05) is 6.07 Å². The van der Waals surface area contributed by atoms with Crippen LogP contribution in [0.25, 0.3) is 11.0 Å². The summed E-state index contributed by atoms with van der Waals surface area (Å²) in [5.74, 6) is -1.73. The fourth-order valence-electron chi connectivity index (χ4n) is 2.85. The number of carbonyl (C=O) groups is 1. The van der Waals surface area contributed by atoms with Gasteiger partial charge in [0.2, 0.25) is 0 Å². The molecule has 0 radical (unpaired) electrons. The van der Waals surface area contributed by atoms with Crippen LogP contribution in [-0.4, -0.2) is 68.5 Å². The first-order valence-electron chi connectivity index (χ1n) is 8.80. The van der Waals surface area contributed by atoms with Gasteiger partial charge in [0.15, 0.2) is 5.65 Å². The van der Waals surface area contributed by atoms with Gasteiger partial charge < -0.3 is 10.0 Å². The molecule has 4 rings (SSSR count). The highest BCUT2D eigenvalue weighted by molar-refractivity contribution is 5.75. The summed E-state index contributed by atoms with van der Waals surface area (Å²) in [4.78, 5) is 22.7. The maximum absolute atomic E-state index is 10.6. The van der Waals surface area contributed by atoms with Crippen LogP contribution in [0.1, 0.15) is 5.69 Å². The fraction of sp³-hybridized carbons (Fsp3) is 0.333. The van der Waals surface area contributed by atoms with Crippen molar-refractivity contribution in [3.63, 3.8) is 0 Å². The number of pyridine rings is 2. The summed E-state index contributed by atoms with van der Waals surface area (Å²) in [5.41, 5.74) is 1.99. The summed E-state index contributed by atoms with van der Waals surface area (Å²) in [6, 6.07) is 10.2. The number of nitrogens with zero attached hydrogens (tertiary/aromatic N) is 5. The van der Waals surface area contributed by atoms with Gasteiger partial charge in [-0.25, -0.2) is 9.78 Å². The van der Waals surface area contributed by atoms with Crippen molar-refractivity contribution in [2.45, 2.75) is 12.7 Å². The zero-order chi connectivity index (χ0) is 20.9. The van der Waals surface area contributed by atoms with E-state index < -0.39 is 12.1 Å². The average Bonchev–Trinajstić information content (AvgIpc) is 3.17. The number of hydrogen-bond acceptors (Lipinski definition) is 6. The van der Waals surface area contributed by atoms with E-state index in [9.17, 15) is 13.2 Å².